The minimum Gasteiger partial charge on any atom is -0.493 e. The molecule has 1 aromatic carbocycles. The van der Waals surface area contributed by atoms with Crippen LogP contribution in [0.15, 0.2) is 24.4 Å². The van der Waals surface area contributed by atoms with Gasteiger partial charge in [0, 0.05) is 11.6 Å². The van der Waals surface area contributed by atoms with Crippen molar-refractivity contribution in [3.8, 4) is 5.75 Å². The van der Waals surface area contributed by atoms with Gasteiger partial charge in [-0.2, -0.15) is 5.10 Å². The second kappa shape index (κ2) is 6.22. The van der Waals surface area contributed by atoms with E-state index in [4.69, 9.17) is 10.5 Å². The number of halogens is 2. The summed E-state index contributed by atoms with van der Waals surface area (Å²) >= 11 is 0. The van der Waals surface area contributed by atoms with Gasteiger partial charge in [-0.15, -0.1) is 0 Å². The van der Waals surface area contributed by atoms with E-state index in [1.54, 1.807) is 10.9 Å². The Bertz CT molecular complexity index is 605. The highest BCUT2D eigenvalue weighted by atomic mass is 19.1. The van der Waals surface area contributed by atoms with Gasteiger partial charge >= 0.3 is 0 Å². The maximum atomic E-state index is 13.7. The molecule has 0 amide bonds. The lowest BCUT2D eigenvalue weighted by Crippen LogP contribution is -2.21. The molecule has 1 heterocycles. The predicted octanol–water partition coefficient (Wildman–Crippen LogP) is 2.99. The van der Waals surface area contributed by atoms with Crippen molar-refractivity contribution in [3.63, 3.8) is 0 Å². The fourth-order valence-electron chi connectivity index (χ4n) is 2.32. The van der Waals surface area contributed by atoms with Crippen LogP contribution in [0.3, 0.4) is 0 Å². The normalized spacial score (nSPS) is 12.7. The van der Waals surface area contributed by atoms with Crippen molar-refractivity contribution in [2.24, 2.45) is 5.73 Å². The third kappa shape index (κ3) is 3.05. The lowest BCUT2D eigenvalue weighted by molar-refractivity contribution is 0.395. The standard InChI is InChI=1S/C15H19F2N3O/c1-9(2)20-15(14(21-3)8-19-20)13(18)7-10-11(16)5-4-6-12(10)17/h4-6,8-9,13H,7,18H2,1-3H3. The molecule has 0 fully saturated rings. The number of methoxy groups -OCH3 is 1. The van der Waals surface area contributed by atoms with Crippen molar-refractivity contribution in [2.45, 2.75) is 32.4 Å². The number of hydrogen-bond donors (Lipinski definition) is 1. The van der Waals surface area contributed by atoms with Crippen molar-refractivity contribution < 1.29 is 13.5 Å². The minimum absolute atomic E-state index is 0.0245. The van der Waals surface area contributed by atoms with Gasteiger partial charge in [0.15, 0.2) is 5.75 Å². The minimum atomic E-state index is -0.615. The van der Waals surface area contributed by atoms with Crippen molar-refractivity contribution in [2.75, 3.05) is 7.11 Å². The van der Waals surface area contributed by atoms with Crippen molar-refractivity contribution in [1.29, 1.82) is 0 Å². The maximum absolute atomic E-state index is 13.7. The summed E-state index contributed by atoms with van der Waals surface area (Å²) in [7, 11) is 1.52. The van der Waals surface area contributed by atoms with E-state index in [9.17, 15) is 8.78 Å². The van der Waals surface area contributed by atoms with Gasteiger partial charge in [-0.1, -0.05) is 6.07 Å². The SMILES string of the molecule is COc1cnn(C(C)C)c1C(N)Cc1c(F)cccc1F. The monoisotopic (exact) mass is 295 g/mol. The molecule has 6 heteroatoms. The van der Waals surface area contributed by atoms with Crippen molar-refractivity contribution >= 4 is 0 Å². The third-order valence-electron chi connectivity index (χ3n) is 3.34. The Labute approximate surface area is 122 Å². The average molecular weight is 295 g/mol. The molecule has 0 aliphatic rings. The predicted molar refractivity (Wildman–Crippen MR) is 76.2 cm³/mol. The lowest BCUT2D eigenvalue weighted by atomic mass is 10.0. The number of hydrogen-bond acceptors (Lipinski definition) is 3. The maximum Gasteiger partial charge on any atom is 0.161 e. The first-order chi connectivity index (χ1) is 9.95. The number of benzene rings is 1. The Morgan fingerprint density at radius 1 is 1.29 bits per heavy atom. The Hall–Kier alpha value is -1.95. The van der Waals surface area contributed by atoms with Gasteiger partial charge in [0.1, 0.15) is 11.6 Å². The smallest absolute Gasteiger partial charge is 0.161 e. The molecule has 1 aromatic heterocycles. The molecule has 1 atom stereocenters. The van der Waals surface area contributed by atoms with Gasteiger partial charge in [-0.3, -0.25) is 4.68 Å². The second-order valence-corrected chi connectivity index (χ2v) is 5.15. The number of ether oxygens (including phenoxy) is 1. The zero-order valence-corrected chi connectivity index (χ0v) is 12.3. The van der Waals surface area contributed by atoms with Crippen LogP contribution in [-0.4, -0.2) is 16.9 Å². The van der Waals surface area contributed by atoms with Gasteiger partial charge < -0.3 is 10.5 Å². The first kappa shape index (κ1) is 15.4. The summed E-state index contributed by atoms with van der Waals surface area (Å²) in [6.07, 6.45) is 1.60. The van der Waals surface area contributed by atoms with Gasteiger partial charge in [-0.05, 0) is 32.4 Å². The number of rotatable bonds is 5. The average Bonchev–Trinajstić information content (AvgIpc) is 2.87. The zero-order chi connectivity index (χ0) is 15.6. The van der Waals surface area contributed by atoms with Crippen LogP contribution in [0.4, 0.5) is 8.78 Å². The fourth-order valence-corrected chi connectivity index (χ4v) is 2.32. The van der Waals surface area contributed by atoms with E-state index in [1.165, 1.54) is 25.3 Å². The molecule has 0 saturated heterocycles. The van der Waals surface area contributed by atoms with Crippen LogP contribution in [0.5, 0.6) is 5.75 Å². The van der Waals surface area contributed by atoms with E-state index < -0.39 is 17.7 Å². The van der Waals surface area contributed by atoms with E-state index in [-0.39, 0.29) is 18.0 Å². The Kier molecular flexibility index (Phi) is 4.57. The lowest BCUT2D eigenvalue weighted by Gasteiger charge is -2.18. The summed E-state index contributed by atoms with van der Waals surface area (Å²) in [6.45, 7) is 3.90. The van der Waals surface area contributed by atoms with Crippen molar-refractivity contribution in [1.82, 2.24) is 9.78 Å². The molecule has 0 spiro atoms. The third-order valence-corrected chi connectivity index (χ3v) is 3.34. The summed E-state index contributed by atoms with van der Waals surface area (Å²) in [6, 6.07) is 3.24. The molecule has 0 radical (unpaired) electrons. The number of nitrogens with zero attached hydrogens (tertiary/aromatic N) is 2. The molecule has 114 valence electrons. The number of nitrogens with two attached hydrogens (primary N) is 1. The molecular formula is C15H19F2N3O. The topological polar surface area (TPSA) is 53.1 Å². The van der Waals surface area contributed by atoms with Gasteiger partial charge in [0.25, 0.3) is 0 Å². The molecule has 2 aromatic rings. The Morgan fingerprint density at radius 3 is 2.43 bits per heavy atom. The molecule has 2 rings (SSSR count). The molecule has 2 N–H and O–H groups in total. The van der Waals surface area contributed by atoms with E-state index >= 15 is 0 Å². The van der Waals surface area contributed by atoms with E-state index in [0.29, 0.717) is 11.4 Å². The van der Waals surface area contributed by atoms with Crippen LogP contribution in [0.2, 0.25) is 0 Å². The van der Waals surface area contributed by atoms with Gasteiger partial charge in [-0.25, -0.2) is 8.78 Å². The molecular weight excluding hydrogens is 276 g/mol. The van der Waals surface area contributed by atoms with Crippen molar-refractivity contribution in [3.05, 3.63) is 47.3 Å². The Morgan fingerprint density at radius 2 is 1.90 bits per heavy atom. The van der Waals surface area contributed by atoms with E-state index in [0.717, 1.165) is 0 Å². The van der Waals surface area contributed by atoms with Crippen LogP contribution in [0.1, 0.15) is 37.2 Å². The second-order valence-electron chi connectivity index (χ2n) is 5.15. The van der Waals surface area contributed by atoms with Crippen LogP contribution >= 0.6 is 0 Å². The summed E-state index contributed by atoms with van der Waals surface area (Å²) in [5.41, 5.74) is 6.76. The molecule has 0 aliphatic carbocycles. The van der Waals surface area contributed by atoms with E-state index in [2.05, 4.69) is 5.10 Å². The van der Waals surface area contributed by atoms with Crippen LogP contribution in [0, 0.1) is 11.6 Å². The Balaban J connectivity index is 2.36. The molecule has 21 heavy (non-hydrogen) atoms. The zero-order valence-electron chi connectivity index (χ0n) is 12.3. The largest absolute Gasteiger partial charge is 0.493 e. The van der Waals surface area contributed by atoms with Gasteiger partial charge in [0.05, 0.1) is 25.0 Å². The summed E-state index contributed by atoms with van der Waals surface area (Å²) in [5.74, 6) is -0.673. The highest BCUT2D eigenvalue weighted by molar-refractivity contribution is 5.31. The van der Waals surface area contributed by atoms with Gasteiger partial charge in [0.2, 0.25) is 0 Å². The van der Waals surface area contributed by atoms with Crippen LogP contribution < -0.4 is 10.5 Å². The number of aromatic nitrogens is 2. The van der Waals surface area contributed by atoms with Crippen LogP contribution in [0.25, 0.3) is 0 Å². The molecule has 0 bridgehead atoms. The highest BCUT2D eigenvalue weighted by Crippen LogP contribution is 2.29. The molecule has 1 unspecified atom stereocenters. The molecule has 0 saturated carbocycles. The van der Waals surface area contributed by atoms with E-state index in [1.807, 2.05) is 13.8 Å². The highest BCUT2D eigenvalue weighted by Gasteiger charge is 2.23. The summed E-state index contributed by atoms with van der Waals surface area (Å²) in [4.78, 5) is 0. The molecule has 4 nitrogen and oxygen atoms in total. The summed E-state index contributed by atoms with van der Waals surface area (Å²) in [5, 5.41) is 4.22. The van der Waals surface area contributed by atoms with Crippen LogP contribution in [-0.2, 0) is 6.42 Å². The summed E-state index contributed by atoms with van der Waals surface area (Å²) < 4.78 is 34.4. The quantitative estimate of drug-likeness (QED) is 0.922. The first-order valence-electron chi connectivity index (χ1n) is 6.75. The fraction of sp³-hybridized carbons (Fsp3) is 0.400. The molecule has 0 aliphatic heterocycles. The first-order valence-corrected chi connectivity index (χ1v) is 6.75.